The van der Waals surface area contributed by atoms with E-state index in [4.69, 9.17) is 5.73 Å². The Morgan fingerprint density at radius 3 is 2.32 bits per heavy atom. The van der Waals surface area contributed by atoms with Crippen LogP contribution in [0.5, 0.6) is 0 Å². The molecule has 0 aliphatic rings. The van der Waals surface area contributed by atoms with E-state index in [9.17, 15) is 0 Å². The Hall–Kier alpha value is -0.340. The van der Waals surface area contributed by atoms with Crippen LogP contribution in [0.15, 0.2) is 28.7 Å². The predicted molar refractivity (Wildman–Crippen MR) is 88.4 cm³/mol. The lowest BCUT2D eigenvalue weighted by Gasteiger charge is -2.12. The van der Waals surface area contributed by atoms with Crippen molar-refractivity contribution in [3.05, 3.63) is 34.3 Å². The molecular formula is C17H28BrN. The SMILES string of the molecule is CCCCCCCCCC(N)Cc1ccccc1Br. The molecular weight excluding hydrogens is 298 g/mol. The lowest BCUT2D eigenvalue weighted by atomic mass is 10.0. The van der Waals surface area contributed by atoms with Gasteiger partial charge in [0.15, 0.2) is 0 Å². The Morgan fingerprint density at radius 1 is 1.00 bits per heavy atom. The van der Waals surface area contributed by atoms with Crippen LogP contribution in [0.4, 0.5) is 0 Å². The van der Waals surface area contributed by atoms with Crippen molar-refractivity contribution >= 4 is 15.9 Å². The first-order chi connectivity index (χ1) is 9.24. The van der Waals surface area contributed by atoms with Crippen LogP contribution in [0.2, 0.25) is 0 Å². The third-order valence-electron chi connectivity index (χ3n) is 3.62. The third kappa shape index (κ3) is 7.74. The molecule has 0 saturated heterocycles. The number of unbranched alkanes of at least 4 members (excludes halogenated alkanes) is 6. The van der Waals surface area contributed by atoms with E-state index in [1.165, 1.54) is 55.0 Å². The van der Waals surface area contributed by atoms with Crippen LogP contribution in [0, 0.1) is 0 Å². The summed E-state index contributed by atoms with van der Waals surface area (Å²) in [7, 11) is 0. The van der Waals surface area contributed by atoms with E-state index in [1.54, 1.807) is 0 Å². The monoisotopic (exact) mass is 325 g/mol. The van der Waals surface area contributed by atoms with Gasteiger partial charge in [-0.3, -0.25) is 0 Å². The molecule has 0 fully saturated rings. The van der Waals surface area contributed by atoms with Crippen molar-refractivity contribution in [2.24, 2.45) is 5.73 Å². The Bertz CT molecular complexity index is 338. The Labute approximate surface area is 127 Å². The first kappa shape index (κ1) is 16.7. The molecule has 0 radical (unpaired) electrons. The highest BCUT2D eigenvalue weighted by Gasteiger charge is 2.06. The number of hydrogen-bond acceptors (Lipinski definition) is 1. The lowest BCUT2D eigenvalue weighted by molar-refractivity contribution is 0.528. The van der Waals surface area contributed by atoms with Crippen molar-refractivity contribution < 1.29 is 0 Å². The fourth-order valence-electron chi connectivity index (χ4n) is 2.41. The quantitative estimate of drug-likeness (QED) is 0.568. The van der Waals surface area contributed by atoms with Gasteiger partial charge in [0.05, 0.1) is 0 Å². The van der Waals surface area contributed by atoms with E-state index >= 15 is 0 Å². The molecule has 0 saturated carbocycles. The summed E-state index contributed by atoms with van der Waals surface area (Å²) in [6.45, 7) is 2.26. The highest BCUT2D eigenvalue weighted by Crippen LogP contribution is 2.18. The molecule has 0 amide bonds. The second kappa shape index (κ2) is 10.4. The average Bonchev–Trinajstić information content (AvgIpc) is 2.40. The Morgan fingerprint density at radius 2 is 1.63 bits per heavy atom. The van der Waals surface area contributed by atoms with Crippen molar-refractivity contribution in [1.29, 1.82) is 0 Å². The largest absolute Gasteiger partial charge is 0.327 e. The van der Waals surface area contributed by atoms with Gasteiger partial charge in [-0.25, -0.2) is 0 Å². The summed E-state index contributed by atoms with van der Waals surface area (Å²) in [5.74, 6) is 0. The maximum atomic E-state index is 6.22. The van der Waals surface area contributed by atoms with Crippen molar-refractivity contribution in [3.63, 3.8) is 0 Å². The van der Waals surface area contributed by atoms with E-state index < -0.39 is 0 Å². The van der Waals surface area contributed by atoms with Crippen LogP contribution in [-0.2, 0) is 6.42 Å². The molecule has 1 nitrogen and oxygen atoms in total. The van der Waals surface area contributed by atoms with Crippen LogP contribution in [0.1, 0.15) is 63.9 Å². The van der Waals surface area contributed by atoms with Crippen LogP contribution < -0.4 is 5.73 Å². The van der Waals surface area contributed by atoms with Crippen LogP contribution in [0.3, 0.4) is 0 Å². The molecule has 19 heavy (non-hydrogen) atoms. The second-order valence-electron chi connectivity index (χ2n) is 5.47. The summed E-state index contributed by atoms with van der Waals surface area (Å²) in [5, 5.41) is 0. The average molecular weight is 326 g/mol. The van der Waals surface area contributed by atoms with Gasteiger partial charge in [-0.1, -0.05) is 86.0 Å². The molecule has 108 valence electrons. The third-order valence-corrected chi connectivity index (χ3v) is 4.39. The molecule has 0 bridgehead atoms. The molecule has 0 spiro atoms. The number of halogens is 1. The highest BCUT2D eigenvalue weighted by atomic mass is 79.9. The summed E-state index contributed by atoms with van der Waals surface area (Å²) >= 11 is 3.59. The molecule has 1 aromatic carbocycles. The molecule has 1 atom stereocenters. The van der Waals surface area contributed by atoms with E-state index in [0.29, 0.717) is 6.04 Å². The van der Waals surface area contributed by atoms with Crippen molar-refractivity contribution in [1.82, 2.24) is 0 Å². The summed E-state index contributed by atoms with van der Waals surface area (Å²) in [4.78, 5) is 0. The van der Waals surface area contributed by atoms with Gasteiger partial charge in [0, 0.05) is 10.5 Å². The Balaban J connectivity index is 2.08. The lowest BCUT2D eigenvalue weighted by Crippen LogP contribution is -2.22. The number of nitrogens with two attached hydrogens (primary N) is 1. The van der Waals surface area contributed by atoms with Gasteiger partial charge in [0.25, 0.3) is 0 Å². The summed E-state index contributed by atoms with van der Waals surface area (Å²) in [6.07, 6.45) is 11.6. The van der Waals surface area contributed by atoms with E-state index in [1.807, 2.05) is 0 Å². The van der Waals surface area contributed by atoms with Crippen molar-refractivity contribution in [3.8, 4) is 0 Å². The second-order valence-corrected chi connectivity index (χ2v) is 6.32. The molecule has 2 N–H and O–H groups in total. The Kier molecular flexibility index (Phi) is 9.19. The van der Waals surface area contributed by atoms with Crippen LogP contribution in [0.25, 0.3) is 0 Å². The minimum absolute atomic E-state index is 0.300. The van der Waals surface area contributed by atoms with Gasteiger partial charge in [0.1, 0.15) is 0 Å². The van der Waals surface area contributed by atoms with Gasteiger partial charge in [-0.15, -0.1) is 0 Å². The van der Waals surface area contributed by atoms with Gasteiger partial charge < -0.3 is 5.73 Å². The van der Waals surface area contributed by atoms with E-state index in [-0.39, 0.29) is 0 Å². The highest BCUT2D eigenvalue weighted by molar-refractivity contribution is 9.10. The minimum atomic E-state index is 0.300. The fourth-order valence-corrected chi connectivity index (χ4v) is 2.86. The smallest absolute Gasteiger partial charge is 0.0207 e. The van der Waals surface area contributed by atoms with E-state index in [2.05, 4.69) is 47.1 Å². The number of hydrogen-bond donors (Lipinski definition) is 1. The first-order valence-electron chi connectivity index (χ1n) is 7.73. The normalized spacial score (nSPS) is 12.6. The topological polar surface area (TPSA) is 26.0 Å². The molecule has 1 rings (SSSR count). The first-order valence-corrected chi connectivity index (χ1v) is 8.52. The number of rotatable bonds is 10. The van der Waals surface area contributed by atoms with Gasteiger partial charge in [0.2, 0.25) is 0 Å². The molecule has 0 aromatic heterocycles. The maximum Gasteiger partial charge on any atom is 0.0207 e. The van der Waals surface area contributed by atoms with E-state index in [0.717, 1.165) is 12.8 Å². The molecule has 2 heteroatoms. The van der Waals surface area contributed by atoms with Crippen molar-refractivity contribution in [2.75, 3.05) is 0 Å². The molecule has 0 aliphatic carbocycles. The zero-order valence-corrected chi connectivity index (χ0v) is 13.8. The summed E-state index contributed by atoms with van der Waals surface area (Å²) < 4.78 is 1.19. The summed E-state index contributed by atoms with van der Waals surface area (Å²) in [5.41, 5.74) is 7.55. The fraction of sp³-hybridized carbons (Fsp3) is 0.647. The number of benzene rings is 1. The van der Waals surface area contributed by atoms with Gasteiger partial charge in [-0.2, -0.15) is 0 Å². The standard InChI is InChI=1S/C17H28BrN/c1-2-3-4-5-6-7-8-12-16(19)14-15-11-9-10-13-17(15)18/h9-11,13,16H,2-8,12,14,19H2,1H3. The molecule has 0 heterocycles. The van der Waals surface area contributed by atoms with Crippen LogP contribution >= 0.6 is 15.9 Å². The van der Waals surface area contributed by atoms with Gasteiger partial charge >= 0.3 is 0 Å². The van der Waals surface area contributed by atoms with Gasteiger partial charge in [-0.05, 0) is 24.5 Å². The maximum absolute atomic E-state index is 6.22. The predicted octanol–water partition coefficient (Wildman–Crippen LogP) is 5.46. The molecule has 0 aliphatic heterocycles. The molecule has 1 aromatic rings. The molecule has 1 unspecified atom stereocenters. The van der Waals surface area contributed by atoms with Crippen molar-refractivity contribution in [2.45, 2.75) is 70.8 Å². The van der Waals surface area contributed by atoms with Crippen LogP contribution in [-0.4, -0.2) is 6.04 Å². The zero-order chi connectivity index (χ0) is 13.9. The minimum Gasteiger partial charge on any atom is -0.327 e. The zero-order valence-electron chi connectivity index (χ0n) is 12.2. The summed E-state index contributed by atoms with van der Waals surface area (Å²) in [6, 6.07) is 8.69.